The fourth-order valence-corrected chi connectivity index (χ4v) is 2.99. The van der Waals surface area contributed by atoms with Gasteiger partial charge in [-0.25, -0.2) is 0 Å². The highest BCUT2D eigenvalue weighted by atomic mass is 16.1. The van der Waals surface area contributed by atoms with Crippen LogP contribution in [-0.2, 0) is 0 Å². The third-order valence-electron chi connectivity index (χ3n) is 3.78. The second kappa shape index (κ2) is 3.34. The first kappa shape index (κ1) is 8.90. The SMILES string of the molecule is O=Cc1ccc([C@H]2CC3C=C[C@H]2C3)cc1. The molecule has 2 aliphatic rings. The van der Waals surface area contributed by atoms with Crippen molar-refractivity contribution in [2.24, 2.45) is 11.8 Å². The summed E-state index contributed by atoms with van der Waals surface area (Å²) in [5.74, 6) is 2.25. The quantitative estimate of drug-likeness (QED) is 0.527. The number of aldehydes is 1. The van der Waals surface area contributed by atoms with Crippen molar-refractivity contribution in [2.45, 2.75) is 18.8 Å². The summed E-state index contributed by atoms with van der Waals surface area (Å²) in [5, 5.41) is 0. The van der Waals surface area contributed by atoms with Crippen molar-refractivity contribution in [3.8, 4) is 0 Å². The average Bonchev–Trinajstić information content (AvgIpc) is 2.91. The lowest BCUT2D eigenvalue weighted by molar-refractivity contribution is 0.112. The fourth-order valence-electron chi connectivity index (χ4n) is 2.99. The summed E-state index contributed by atoms with van der Waals surface area (Å²) in [6.45, 7) is 0. The van der Waals surface area contributed by atoms with Crippen LogP contribution in [0.5, 0.6) is 0 Å². The Morgan fingerprint density at radius 2 is 1.87 bits per heavy atom. The molecule has 2 bridgehead atoms. The van der Waals surface area contributed by atoms with E-state index >= 15 is 0 Å². The number of hydrogen-bond acceptors (Lipinski definition) is 1. The molecule has 0 spiro atoms. The minimum absolute atomic E-state index is 0.695. The summed E-state index contributed by atoms with van der Waals surface area (Å²) in [4.78, 5) is 10.6. The van der Waals surface area contributed by atoms with Crippen LogP contribution < -0.4 is 0 Å². The van der Waals surface area contributed by atoms with Crippen molar-refractivity contribution in [2.75, 3.05) is 0 Å². The summed E-state index contributed by atoms with van der Waals surface area (Å²) in [6.07, 6.45) is 8.26. The molecule has 3 rings (SSSR count). The topological polar surface area (TPSA) is 17.1 Å². The monoisotopic (exact) mass is 198 g/mol. The normalized spacial score (nSPS) is 32.1. The van der Waals surface area contributed by atoms with Crippen LogP contribution in [0.2, 0.25) is 0 Å². The zero-order valence-corrected chi connectivity index (χ0v) is 8.60. The smallest absolute Gasteiger partial charge is 0.150 e. The molecule has 0 aliphatic heterocycles. The molecule has 3 atom stereocenters. The number of fused-ring (bicyclic) bond motifs is 2. The number of carbonyl (C=O) groups excluding carboxylic acids is 1. The molecule has 1 heteroatoms. The summed E-state index contributed by atoms with van der Waals surface area (Å²) < 4.78 is 0. The van der Waals surface area contributed by atoms with Crippen LogP contribution in [0.3, 0.4) is 0 Å². The van der Waals surface area contributed by atoms with Crippen molar-refractivity contribution in [1.29, 1.82) is 0 Å². The molecule has 76 valence electrons. The third kappa shape index (κ3) is 1.43. The Hall–Kier alpha value is -1.37. The summed E-state index contributed by atoms with van der Waals surface area (Å²) in [5.41, 5.74) is 2.18. The van der Waals surface area contributed by atoms with E-state index < -0.39 is 0 Å². The number of hydrogen-bond donors (Lipinski definition) is 0. The van der Waals surface area contributed by atoms with Crippen LogP contribution in [0.15, 0.2) is 36.4 Å². The van der Waals surface area contributed by atoms with E-state index in [2.05, 4.69) is 24.3 Å². The maximum Gasteiger partial charge on any atom is 0.150 e. The molecule has 2 aliphatic carbocycles. The zero-order chi connectivity index (χ0) is 10.3. The van der Waals surface area contributed by atoms with Gasteiger partial charge in [0.15, 0.2) is 0 Å². The Bertz CT molecular complexity index is 402. The molecule has 0 heterocycles. The lowest BCUT2D eigenvalue weighted by Gasteiger charge is -2.18. The Labute approximate surface area is 89.8 Å². The van der Waals surface area contributed by atoms with Gasteiger partial charge >= 0.3 is 0 Å². The molecule has 1 aromatic carbocycles. The van der Waals surface area contributed by atoms with Gasteiger partial charge < -0.3 is 0 Å². The maximum absolute atomic E-state index is 10.6. The van der Waals surface area contributed by atoms with Crippen LogP contribution in [0, 0.1) is 11.8 Å². The van der Waals surface area contributed by atoms with Gasteiger partial charge in [0.05, 0.1) is 0 Å². The van der Waals surface area contributed by atoms with Gasteiger partial charge in [-0.2, -0.15) is 0 Å². The van der Waals surface area contributed by atoms with Gasteiger partial charge in [-0.3, -0.25) is 4.79 Å². The Kier molecular flexibility index (Phi) is 1.98. The molecule has 0 amide bonds. The summed E-state index contributed by atoms with van der Waals surface area (Å²) in [7, 11) is 0. The first-order valence-corrected chi connectivity index (χ1v) is 5.60. The highest BCUT2D eigenvalue weighted by Crippen LogP contribution is 2.48. The van der Waals surface area contributed by atoms with Gasteiger partial charge in [0.2, 0.25) is 0 Å². The molecule has 0 radical (unpaired) electrons. The van der Waals surface area contributed by atoms with Gasteiger partial charge in [0, 0.05) is 5.56 Å². The predicted molar refractivity (Wildman–Crippen MR) is 59.9 cm³/mol. The number of benzene rings is 1. The molecular formula is C14H14O. The van der Waals surface area contributed by atoms with E-state index in [1.54, 1.807) is 0 Å². The zero-order valence-electron chi connectivity index (χ0n) is 8.60. The van der Waals surface area contributed by atoms with Crippen LogP contribution in [-0.4, -0.2) is 6.29 Å². The van der Waals surface area contributed by atoms with E-state index in [1.807, 2.05) is 12.1 Å². The number of rotatable bonds is 2. The number of carbonyl (C=O) groups is 1. The van der Waals surface area contributed by atoms with Gasteiger partial charge in [0.1, 0.15) is 6.29 Å². The molecule has 15 heavy (non-hydrogen) atoms. The lowest BCUT2D eigenvalue weighted by atomic mass is 9.86. The van der Waals surface area contributed by atoms with E-state index in [0.717, 1.165) is 23.7 Å². The minimum atomic E-state index is 0.695. The van der Waals surface area contributed by atoms with Crippen molar-refractivity contribution in [3.63, 3.8) is 0 Å². The van der Waals surface area contributed by atoms with Gasteiger partial charge in [-0.15, -0.1) is 0 Å². The van der Waals surface area contributed by atoms with Crippen LogP contribution in [0.25, 0.3) is 0 Å². The van der Waals surface area contributed by atoms with Gasteiger partial charge in [0.25, 0.3) is 0 Å². The standard InChI is InChI=1S/C14H14O/c15-9-10-1-4-12(5-2-10)14-8-11-3-6-13(14)7-11/h1-6,9,11,13-14H,7-8H2/t11?,13-,14+/m0/s1. The van der Waals surface area contributed by atoms with E-state index in [1.165, 1.54) is 18.4 Å². The van der Waals surface area contributed by atoms with Crippen LogP contribution >= 0.6 is 0 Å². The first-order valence-electron chi connectivity index (χ1n) is 5.60. The van der Waals surface area contributed by atoms with Gasteiger partial charge in [-0.05, 0) is 36.2 Å². The van der Waals surface area contributed by atoms with Crippen LogP contribution in [0.1, 0.15) is 34.7 Å². The van der Waals surface area contributed by atoms with Crippen molar-refractivity contribution in [3.05, 3.63) is 47.5 Å². The Morgan fingerprint density at radius 3 is 2.40 bits per heavy atom. The maximum atomic E-state index is 10.6. The second-order valence-corrected chi connectivity index (χ2v) is 4.67. The molecule has 0 aromatic heterocycles. The largest absolute Gasteiger partial charge is 0.298 e. The molecule has 1 fully saturated rings. The highest BCUT2D eigenvalue weighted by molar-refractivity contribution is 5.74. The average molecular weight is 198 g/mol. The molecule has 1 nitrogen and oxygen atoms in total. The van der Waals surface area contributed by atoms with E-state index in [0.29, 0.717) is 5.92 Å². The summed E-state index contributed by atoms with van der Waals surface area (Å²) >= 11 is 0. The van der Waals surface area contributed by atoms with E-state index in [9.17, 15) is 4.79 Å². The fraction of sp³-hybridized carbons (Fsp3) is 0.357. The van der Waals surface area contributed by atoms with Crippen molar-refractivity contribution in [1.82, 2.24) is 0 Å². The van der Waals surface area contributed by atoms with Crippen molar-refractivity contribution < 1.29 is 4.79 Å². The van der Waals surface area contributed by atoms with E-state index in [-0.39, 0.29) is 0 Å². The predicted octanol–water partition coefficient (Wildman–Crippen LogP) is 3.18. The van der Waals surface area contributed by atoms with Gasteiger partial charge in [-0.1, -0.05) is 36.4 Å². The molecule has 1 saturated carbocycles. The lowest BCUT2D eigenvalue weighted by Crippen LogP contribution is -2.04. The number of allylic oxidation sites excluding steroid dienone is 2. The molecule has 1 unspecified atom stereocenters. The molecule has 0 N–H and O–H groups in total. The highest BCUT2D eigenvalue weighted by Gasteiger charge is 2.36. The van der Waals surface area contributed by atoms with E-state index in [4.69, 9.17) is 0 Å². The first-order chi connectivity index (χ1) is 7.36. The summed E-state index contributed by atoms with van der Waals surface area (Å²) in [6, 6.07) is 8.09. The molecular weight excluding hydrogens is 184 g/mol. The Balaban J connectivity index is 1.87. The third-order valence-corrected chi connectivity index (χ3v) is 3.78. The minimum Gasteiger partial charge on any atom is -0.298 e. The molecule has 1 aromatic rings. The second-order valence-electron chi connectivity index (χ2n) is 4.67. The van der Waals surface area contributed by atoms with Crippen LogP contribution in [0.4, 0.5) is 0 Å². The van der Waals surface area contributed by atoms with Crippen molar-refractivity contribution >= 4 is 6.29 Å². The Morgan fingerprint density at radius 1 is 1.07 bits per heavy atom. The molecule has 0 saturated heterocycles.